The summed E-state index contributed by atoms with van der Waals surface area (Å²) in [5.41, 5.74) is -1.01. The average Bonchev–Trinajstić information content (AvgIpc) is 2.97. The summed E-state index contributed by atoms with van der Waals surface area (Å²) in [5.74, 6) is -0.258. The summed E-state index contributed by atoms with van der Waals surface area (Å²) in [6, 6.07) is -0.326. The smallest absolute Gasteiger partial charge is 0.315 e. The topological polar surface area (TPSA) is 114 Å². The molecule has 0 unspecified atom stereocenters. The van der Waals surface area contributed by atoms with Crippen molar-refractivity contribution in [3.05, 3.63) is 0 Å². The summed E-state index contributed by atoms with van der Waals surface area (Å²) < 4.78 is 0. The van der Waals surface area contributed by atoms with Gasteiger partial charge < -0.3 is 20.9 Å². The molecule has 0 bridgehead atoms. The van der Waals surface area contributed by atoms with E-state index in [0.29, 0.717) is 13.0 Å². The van der Waals surface area contributed by atoms with Gasteiger partial charge in [-0.25, -0.2) is 4.79 Å². The number of nitrogens with zero attached hydrogens (tertiary/aromatic N) is 2. The number of carbonyl (C=O) groups excluding carboxylic acids is 3. The van der Waals surface area contributed by atoms with Gasteiger partial charge in [0.05, 0.1) is 6.07 Å². The molecule has 0 aromatic rings. The van der Waals surface area contributed by atoms with Gasteiger partial charge in [-0.15, -0.1) is 0 Å². The van der Waals surface area contributed by atoms with E-state index in [1.165, 1.54) is 0 Å². The van der Waals surface area contributed by atoms with Crippen LogP contribution in [0.1, 0.15) is 68.7 Å². The van der Waals surface area contributed by atoms with Crippen molar-refractivity contribution in [1.82, 2.24) is 20.9 Å². The molecule has 3 N–H and O–H groups in total. The molecular weight excluding hydrogens is 394 g/mol. The first-order valence-electron chi connectivity index (χ1n) is 11.1. The first-order valence-corrected chi connectivity index (χ1v) is 11.1. The van der Waals surface area contributed by atoms with E-state index in [4.69, 9.17) is 0 Å². The summed E-state index contributed by atoms with van der Waals surface area (Å²) >= 11 is 0. The Morgan fingerprint density at radius 1 is 1.13 bits per heavy atom. The Balaban J connectivity index is 2.27. The Labute approximate surface area is 186 Å². The Morgan fingerprint density at radius 3 is 2.16 bits per heavy atom. The predicted molar refractivity (Wildman–Crippen MR) is 119 cm³/mol. The molecule has 2 fully saturated rings. The van der Waals surface area contributed by atoms with E-state index in [-0.39, 0.29) is 29.1 Å². The van der Waals surface area contributed by atoms with Gasteiger partial charge in [0.1, 0.15) is 18.1 Å². The maximum absolute atomic E-state index is 13.6. The van der Waals surface area contributed by atoms with Crippen LogP contribution in [0.2, 0.25) is 0 Å². The summed E-state index contributed by atoms with van der Waals surface area (Å²) in [5, 5.41) is 17.7. The molecule has 0 radical (unpaired) electrons. The van der Waals surface area contributed by atoms with Gasteiger partial charge in [-0.05, 0) is 49.9 Å². The fraction of sp³-hybridized carbons (Fsp3) is 0.826. The highest BCUT2D eigenvalue weighted by Crippen LogP contribution is 2.65. The molecule has 1 aliphatic heterocycles. The van der Waals surface area contributed by atoms with E-state index in [0.717, 1.165) is 0 Å². The minimum atomic E-state index is -0.788. The standard InChI is InChI=1S/C23H39N5O3/c1-10-13(11-24)25-18(29)16-15-14(23(15,8)9)12-28(16)19(30)17(21(2,3)4)26-20(31)27-22(5,6)7/h13-17H,10,12H2,1-9H3,(H,25,29)(H2,26,27,31)/t13-,14-,15-,16-,17+/m0/s1. The fourth-order valence-electron chi connectivity index (χ4n) is 4.62. The van der Waals surface area contributed by atoms with Gasteiger partial charge in [-0.1, -0.05) is 41.5 Å². The van der Waals surface area contributed by atoms with Crippen molar-refractivity contribution in [2.24, 2.45) is 22.7 Å². The predicted octanol–water partition coefficient (Wildman–Crippen LogP) is 2.40. The van der Waals surface area contributed by atoms with Gasteiger partial charge in [-0.3, -0.25) is 9.59 Å². The molecular formula is C23H39N5O3. The number of hydrogen-bond acceptors (Lipinski definition) is 4. The lowest BCUT2D eigenvalue weighted by Crippen LogP contribution is -2.61. The van der Waals surface area contributed by atoms with E-state index in [2.05, 4.69) is 35.9 Å². The number of likely N-dealkylation sites (tertiary alicyclic amines) is 1. The van der Waals surface area contributed by atoms with E-state index >= 15 is 0 Å². The molecule has 1 saturated carbocycles. The van der Waals surface area contributed by atoms with Crippen molar-refractivity contribution in [2.75, 3.05) is 6.54 Å². The highest BCUT2D eigenvalue weighted by molar-refractivity contribution is 5.94. The number of urea groups is 1. The molecule has 4 amide bonds. The molecule has 1 aliphatic carbocycles. The lowest BCUT2D eigenvalue weighted by molar-refractivity contribution is -0.143. The molecule has 1 saturated heterocycles. The van der Waals surface area contributed by atoms with Crippen LogP contribution in [0, 0.1) is 34.0 Å². The third kappa shape index (κ3) is 5.31. The van der Waals surface area contributed by atoms with Crippen LogP contribution in [0.15, 0.2) is 0 Å². The number of carbonyl (C=O) groups is 3. The highest BCUT2D eigenvalue weighted by atomic mass is 16.2. The summed E-state index contributed by atoms with van der Waals surface area (Å²) in [7, 11) is 0. The third-order valence-electron chi connectivity index (χ3n) is 6.52. The lowest BCUT2D eigenvalue weighted by Gasteiger charge is -2.38. The summed E-state index contributed by atoms with van der Waals surface area (Å²) in [6.07, 6.45) is 0.500. The highest BCUT2D eigenvalue weighted by Gasteiger charge is 2.69. The zero-order valence-corrected chi connectivity index (χ0v) is 20.4. The normalized spacial score (nSPS) is 26.2. The van der Waals surface area contributed by atoms with Gasteiger partial charge in [0.15, 0.2) is 0 Å². The van der Waals surface area contributed by atoms with Gasteiger partial charge in [0, 0.05) is 12.1 Å². The zero-order valence-electron chi connectivity index (χ0n) is 20.4. The molecule has 0 spiro atoms. The first kappa shape index (κ1) is 25.0. The molecule has 174 valence electrons. The zero-order chi connectivity index (χ0) is 23.9. The van der Waals surface area contributed by atoms with E-state index in [9.17, 15) is 19.6 Å². The summed E-state index contributed by atoms with van der Waals surface area (Å²) in [4.78, 5) is 40.9. The van der Waals surface area contributed by atoms with Gasteiger partial charge in [0.2, 0.25) is 11.8 Å². The largest absolute Gasteiger partial charge is 0.339 e. The number of nitrogens with one attached hydrogen (secondary N) is 3. The van der Waals surface area contributed by atoms with Crippen LogP contribution in [-0.2, 0) is 9.59 Å². The Kier molecular flexibility index (Phi) is 6.71. The number of nitriles is 1. The molecule has 2 aliphatic rings. The molecule has 5 atom stereocenters. The minimum Gasteiger partial charge on any atom is -0.339 e. The quantitative estimate of drug-likeness (QED) is 0.617. The lowest BCUT2D eigenvalue weighted by atomic mass is 9.85. The van der Waals surface area contributed by atoms with Crippen LogP contribution in [0.25, 0.3) is 0 Å². The number of amides is 4. The second kappa shape index (κ2) is 8.33. The maximum Gasteiger partial charge on any atom is 0.315 e. The SMILES string of the molecule is CC[C@@H](C#N)NC(=O)[C@@H]1[C@@H]2[C@H](CN1C(=O)[C@@H](NC(=O)NC(C)(C)C)C(C)(C)C)C2(C)C. The van der Waals surface area contributed by atoms with Crippen molar-refractivity contribution in [1.29, 1.82) is 5.26 Å². The van der Waals surface area contributed by atoms with Crippen molar-refractivity contribution >= 4 is 17.8 Å². The van der Waals surface area contributed by atoms with Gasteiger partial charge >= 0.3 is 6.03 Å². The minimum absolute atomic E-state index is 0.0264. The van der Waals surface area contributed by atoms with Crippen LogP contribution in [0.4, 0.5) is 4.79 Å². The van der Waals surface area contributed by atoms with Crippen LogP contribution in [-0.4, -0.2) is 53.0 Å². The third-order valence-corrected chi connectivity index (χ3v) is 6.52. The maximum atomic E-state index is 13.6. The molecule has 8 nitrogen and oxygen atoms in total. The van der Waals surface area contributed by atoms with Crippen LogP contribution >= 0.6 is 0 Å². The molecule has 31 heavy (non-hydrogen) atoms. The second-order valence-electron chi connectivity index (χ2n) is 11.6. The molecule has 0 aromatic carbocycles. The van der Waals surface area contributed by atoms with Crippen molar-refractivity contribution in [3.8, 4) is 6.07 Å². The van der Waals surface area contributed by atoms with E-state index in [1.54, 1.807) is 4.90 Å². The second-order valence-corrected chi connectivity index (χ2v) is 11.6. The van der Waals surface area contributed by atoms with E-state index < -0.39 is 35.1 Å². The Bertz CT molecular complexity index is 772. The van der Waals surface area contributed by atoms with Gasteiger partial charge in [-0.2, -0.15) is 5.26 Å². The molecule has 0 aromatic heterocycles. The Morgan fingerprint density at radius 2 is 1.71 bits per heavy atom. The number of piperidine rings is 1. The molecule has 2 rings (SSSR count). The molecule has 8 heteroatoms. The van der Waals surface area contributed by atoms with Crippen LogP contribution in [0.5, 0.6) is 0 Å². The van der Waals surface area contributed by atoms with Gasteiger partial charge in [0.25, 0.3) is 0 Å². The van der Waals surface area contributed by atoms with Crippen molar-refractivity contribution in [3.63, 3.8) is 0 Å². The first-order chi connectivity index (χ1) is 14.0. The summed E-state index contributed by atoms with van der Waals surface area (Å²) in [6.45, 7) is 17.8. The number of fused-ring (bicyclic) bond motifs is 1. The number of hydrogen-bond donors (Lipinski definition) is 3. The average molecular weight is 434 g/mol. The van der Waals surface area contributed by atoms with Crippen molar-refractivity contribution in [2.45, 2.75) is 92.4 Å². The van der Waals surface area contributed by atoms with E-state index in [1.807, 2.05) is 48.5 Å². The van der Waals surface area contributed by atoms with Crippen molar-refractivity contribution < 1.29 is 14.4 Å². The van der Waals surface area contributed by atoms with Crippen LogP contribution in [0.3, 0.4) is 0 Å². The van der Waals surface area contributed by atoms with Crippen LogP contribution < -0.4 is 16.0 Å². The number of rotatable bonds is 5. The monoisotopic (exact) mass is 433 g/mol. The Hall–Kier alpha value is -2.30. The fourth-order valence-corrected chi connectivity index (χ4v) is 4.62. The molecule has 1 heterocycles.